The van der Waals surface area contributed by atoms with Crippen LogP contribution in [0.5, 0.6) is 0 Å². The molecule has 5 atom stereocenters. The molecule has 0 spiro atoms. The van der Waals surface area contributed by atoms with Crippen LogP contribution in [0, 0.1) is 5.92 Å². The molecule has 2 fully saturated rings. The predicted molar refractivity (Wildman–Crippen MR) is 148 cm³/mol. The van der Waals surface area contributed by atoms with Crippen molar-refractivity contribution >= 4 is 38.1 Å². The Labute approximate surface area is 220 Å². The summed E-state index contributed by atoms with van der Waals surface area (Å²) in [6.45, 7) is 9.94. The van der Waals surface area contributed by atoms with Crippen LogP contribution in [0.15, 0.2) is 29.9 Å². The molecule has 0 radical (unpaired) electrons. The number of β-amino-alcohol motifs (C(OH)–C–C–N with tert-alkyl or cyclic N) is 1. The van der Waals surface area contributed by atoms with Gasteiger partial charge in [0.05, 0.1) is 28.2 Å². The zero-order valence-electron chi connectivity index (χ0n) is 21.6. The highest BCUT2D eigenvalue weighted by Gasteiger charge is 2.41. The molecule has 8 nitrogen and oxygen atoms in total. The maximum absolute atomic E-state index is 13.4. The first-order valence-corrected chi connectivity index (χ1v) is 14.2. The molecule has 0 saturated carbocycles. The first-order valence-electron chi connectivity index (χ1n) is 12.7. The van der Waals surface area contributed by atoms with Gasteiger partial charge in [0.1, 0.15) is 6.04 Å². The van der Waals surface area contributed by atoms with Crippen molar-refractivity contribution in [3.63, 3.8) is 0 Å². The van der Waals surface area contributed by atoms with E-state index >= 15 is 0 Å². The fraction of sp³-hybridized carbons (Fsp3) is 0.577. The number of carbonyl (C=O) groups excluding carboxylic acids is 2. The Morgan fingerprint density at radius 3 is 2.56 bits per heavy atom. The quantitative estimate of drug-likeness (QED) is 0.534. The number of aromatic nitrogens is 1. The first-order chi connectivity index (χ1) is 17.2. The molecule has 2 saturated heterocycles. The van der Waals surface area contributed by atoms with E-state index in [-0.39, 0.29) is 42.4 Å². The highest BCUT2D eigenvalue weighted by molar-refractivity contribution is 7.19. The predicted octanol–water partition coefficient (Wildman–Crippen LogP) is 2.60. The Morgan fingerprint density at radius 1 is 1.19 bits per heavy atom. The average molecular weight is 532 g/mol. The monoisotopic (exact) mass is 531 g/mol. The van der Waals surface area contributed by atoms with E-state index in [0.717, 1.165) is 47.9 Å². The van der Waals surface area contributed by atoms with Gasteiger partial charge in [-0.2, -0.15) is 0 Å². The highest BCUT2D eigenvalue weighted by atomic mass is 32.1. The van der Waals surface area contributed by atoms with E-state index in [1.807, 2.05) is 32.5 Å². The zero-order chi connectivity index (χ0) is 26.0. The number of thiazole rings is 1. The molecule has 1 aromatic heterocycles. The number of likely N-dealkylation sites (tertiary alicyclic amines) is 1. The summed E-state index contributed by atoms with van der Waals surface area (Å²) in [6.07, 6.45) is 1.45. The lowest BCUT2D eigenvalue weighted by atomic mass is 10.0. The van der Waals surface area contributed by atoms with Gasteiger partial charge in [0.15, 0.2) is 0 Å². The summed E-state index contributed by atoms with van der Waals surface area (Å²) in [6, 6.07) is 5.46. The Bertz CT molecular complexity index is 1060. The maximum Gasteiger partial charge on any atom is 0.243 e. The number of carbonyl (C=O) groups is 2. The minimum Gasteiger partial charge on any atom is -0.391 e. The number of hydrogen-bond donors (Lipinski definition) is 2. The van der Waals surface area contributed by atoms with Crippen molar-refractivity contribution in [2.24, 2.45) is 5.92 Å². The summed E-state index contributed by atoms with van der Waals surface area (Å²) >= 11 is 1.61. The molecule has 5 unspecified atom stereocenters. The molecular formula is C26H38N5O3PS. The van der Waals surface area contributed by atoms with Gasteiger partial charge in [-0.05, 0) is 37.1 Å². The zero-order valence-corrected chi connectivity index (χ0v) is 23.5. The maximum atomic E-state index is 13.4. The second-order valence-electron chi connectivity index (χ2n) is 10.3. The Balaban J connectivity index is 1.56. The third-order valence-electron chi connectivity index (χ3n) is 7.28. The molecule has 1 aromatic carbocycles. The van der Waals surface area contributed by atoms with E-state index in [1.54, 1.807) is 16.2 Å². The first kappa shape index (κ1) is 27.0. The van der Waals surface area contributed by atoms with E-state index < -0.39 is 12.1 Å². The number of hydrogen-bond acceptors (Lipinski definition) is 7. The fourth-order valence-corrected chi connectivity index (χ4v) is 5.72. The molecule has 2 aliphatic rings. The number of nitrogens with one attached hydrogen (secondary N) is 1. The molecule has 196 valence electrons. The molecule has 0 bridgehead atoms. The van der Waals surface area contributed by atoms with Crippen LogP contribution < -0.4 is 10.2 Å². The minimum absolute atomic E-state index is 0.105. The second kappa shape index (κ2) is 11.5. The van der Waals surface area contributed by atoms with E-state index in [4.69, 9.17) is 0 Å². The van der Waals surface area contributed by atoms with Gasteiger partial charge in [-0.15, -0.1) is 20.6 Å². The normalized spacial score (nSPS) is 22.6. The van der Waals surface area contributed by atoms with Crippen LogP contribution in [0.3, 0.4) is 0 Å². The molecular weight excluding hydrogens is 493 g/mol. The Kier molecular flexibility index (Phi) is 8.66. The van der Waals surface area contributed by atoms with Crippen LogP contribution in [0.25, 0.3) is 10.4 Å². The van der Waals surface area contributed by atoms with Gasteiger partial charge in [-0.3, -0.25) is 14.6 Å². The van der Waals surface area contributed by atoms with E-state index in [1.165, 1.54) is 0 Å². The lowest BCUT2D eigenvalue weighted by Gasteiger charge is -2.36. The van der Waals surface area contributed by atoms with Crippen molar-refractivity contribution in [2.75, 3.05) is 44.7 Å². The smallest absolute Gasteiger partial charge is 0.243 e. The van der Waals surface area contributed by atoms with Crippen molar-refractivity contribution in [1.29, 1.82) is 0 Å². The van der Waals surface area contributed by atoms with Crippen LogP contribution in [-0.4, -0.2) is 89.3 Å². The van der Waals surface area contributed by atoms with Crippen LogP contribution in [0.2, 0.25) is 0 Å². The summed E-state index contributed by atoms with van der Waals surface area (Å²) in [5.41, 5.74) is 4.83. The van der Waals surface area contributed by atoms with Crippen molar-refractivity contribution in [3.8, 4) is 10.4 Å². The van der Waals surface area contributed by atoms with Crippen molar-refractivity contribution in [1.82, 2.24) is 20.1 Å². The number of nitrogens with zero attached hydrogens (tertiary/aromatic N) is 4. The number of benzene rings is 1. The van der Waals surface area contributed by atoms with Crippen LogP contribution in [-0.2, 0) is 9.59 Å². The molecule has 4 rings (SSSR count). The van der Waals surface area contributed by atoms with Crippen LogP contribution in [0.4, 0.5) is 5.69 Å². The number of aliphatic hydroxyl groups excluding tert-OH is 1. The molecule has 2 amide bonds. The van der Waals surface area contributed by atoms with Gasteiger partial charge >= 0.3 is 0 Å². The van der Waals surface area contributed by atoms with E-state index in [9.17, 15) is 14.7 Å². The van der Waals surface area contributed by atoms with Crippen LogP contribution >= 0.6 is 20.6 Å². The number of amides is 2. The standard InChI is InChI=1S/C26H38N5O3PS/c1-16(2)24(35)26(34)31-14-19(32)12-22(31)25(33)28-17(3)20-6-5-18(23-13-27-15-36-23)11-21(20)30-9-7-29(4)8-10-30/h5-6,11,13,15-17,19,22,24,32H,7-10,12,14,35H2,1-4H3,(H,28,33). The lowest BCUT2D eigenvalue weighted by molar-refractivity contribution is -0.138. The molecule has 0 aliphatic carbocycles. The molecule has 2 aromatic rings. The lowest BCUT2D eigenvalue weighted by Crippen LogP contribution is -2.49. The average Bonchev–Trinajstić information content (AvgIpc) is 3.53. The van der Waals surface area contributed by atoms with Crippen LogP contribution in [0.1, 0.15) is 38.8 Å². The fourth-order valence-electron chi connectivity index (χ4n) is 4.91. The van der Waals surface area contributed by atoms with Gasteiger partial charge in [-0.25, -0.2) is 0 Å². The summed E-state index contributed by atoms with van der Waals surface area (Å²) in [5, 5.41) is 13.5. The van der Waals surface area contributed by atoms with Gasteiger partial charge < -0.3 is 25.1 Å². The summed E-state index contributed by atoms with van der Waals surface area (Å²) in [7, 11) is 4.73. The van der Waals surface area contributed by atoms with Gasteiger partial charge in [0, 0.05) is 51.0 Å². The second-order valence-corrected chi connectivity index (χ2v) is 11.9. The van der Waals surface area contributed by atoms with Gasteiger partial charge in [0.25, 0.3) is 0 Å². The van der Waals surface area contributed by atoms with Gasteiger partial charge in [-0.1, -0.05) is 26.0 Å². The highest BCUT2D eigenvalue weighted by Crippen LogP contribution is 2.34. The van der Waals surface area contributed by atoms with E-state index in [2.05, 4.69) is 54.6 Å². The third kappa shape index (κ3) is 5.91. The topological polar surface area (TPSA) is 89.0 Å². The number of aliphatic hydroxyl groups is 1. The molecule has 10 heteroatoms. The van der Waals surface area contributed by atoms with Crippen molar-refractivity contribution in [2.45, 2.75) is 51.0 Å². The number of anilines is 1. The number of likely N-dealkylation sites (N-methyl/N-ethyl adjacent to an activating group) is 1. The third-order valence-corrected chi connectivity index (χ3v) is 9.16. The minimum atomic E-state index is -0.691. The Hall–Kier alpha value is -2.06. The van der Waals surface area contributed by atoms with Crippen molar-refractivity contribution < 1.29 is 14.7 Å². The molecule has 2 aliphatic heterocycles. The molecule has 36 heavy (non-hydrogen) atoms. The number of rotatable bonds is 7. The SMILES string of the molecule is CC(NC(=O)C1CC(O)CN1C(=O)C(P)C(C)C)c1ccc(-c2cncs2)cc1N1CCN(C)CC1. The van der Waals surface area contributed by atoms with E-state index in [0.29, 0.717) is 0 Å². The summed E-state index contributed by atoms with van der Waals surface area (Å²) in [5.74, 6) is -0.193. The molecule has 2 N–H and O–H groups in total. The summed E-state index contributed by atoms with van der Waals surface area (Å²) < 4.78 is 0. The largest absolute Gasteiger partial charge is 0.391 e. The summed E-state index contributed by atoms with van der Waals surface area (Å²) in [4.78, 5) is 38.1. The Morgan fingerprint density at radius 2 is 1.92 bits per heavy atom. The molecule has 3 heterocycles. The van der Waals surface area contributed by atoms with Crippen molar-refractivity contribution in [3.05, 3.63) is 35.5 Å². The van der Waals surface area contributed by atoms with Gasteiger partial charge in [0.2, 0.25) is 11.8 Å². The number of piperazine rings is 1.